The molecule has 0 spiro atoms. The number of nitrogens with one attached hydrogen (secondary N) is 2. The van der Waals surface area contributed by atoms with Crippen molar-refractivity contribution < 1.29 is 5.21 Å². The zero-order chi connectivity index (χ0) is 12.5. The molecular weight excluding hydrogens is 226 g/mol. The van der Waals surface area contributed by atoms with Crippen LogP contribution in [0, 0.1) is 6.92 Å². The molecule has 1 fully saturated rings. The highest BCUT2D eigenvalue weighted by Crippen LogP contribution is 2.30. The number of nitrogens with zero attached hydrogens (tertiary/aromatic N) is 1. The number of piperidine rings is 1. The predicted octanol–water partition coefficient (Wildman–Crippen LogP) is 2.68. The lowest BCUT2D eigenvalue weighted by Gasteiger charge is -2.25. The van der Waals surface area contributed by atoms with Crippen molar-refractivity contribution in [3.63, 3.8) is 0 Å². The Balaban J connectivity index is 2.07. The molecule has 18 heavy (non-hydrogen) atoms. The maximum Gasteiger partial charge on any atom is 0.0609 e. The van der Waals surface area contributed by atoms with Gasteiger partial charge in [0, 0.05) is 23.1 Å². The molecule has 0 aliphatic carbocycles. The Kier molecular flexibility index (Phi) is 2.97. The molecule has 1 aliphatic rings. The van der Waals surface area contributed by atoms with E-state index in [4.69, 9.17) is 5.21 Å². The summed E-state index contributed by atoms with van der Waals surface area (Å²) < 4.78 is 2.40. The molecule has 2 aromatic rings. The molecule has 3 N–H and O–H groups in total. The van der Waals surface area contributed by atoms with E-state index in [9.17, 15) is 0 Å². The minimum Gasteiger partial charge on any atom is -0.344 e. The van der Waals surface area contributed by atoms with Crippen LogP contribution in [0.2, 0.25) is 0 Å². The average molecular weight is 245 g/mol. The van der Waals surface area contributed by atoms with Gasteiger partial charge in [0.05, 0.1) is 5.69 Å². The normalized spacial score (nSPS) is 17.2. The van der Waals surface area contributed by atoms with Crippen molar-refractivity contribution in [1.29, 1.82) is 0 Å². The van der Waals surface area contributed by atoms with Gasteiger partial charge in [-0.1, -0.05) is 0 Å². The summed E-state index contributed by atoms with van der Waals surface area (Å²) in [6, 6.07) is 6.60. The average Bonchev–Trinajstić information content (AvgIpc) is 2.77. The zero-order valence-electron chi connectivity index (χ0n) is 10.6. The van der Waals surface area contributed by atoms with Gasteiger partial charge in [-0.3, -0.25) is 10.7 Å². The third-order valence-electron chi connectivity index (χ3n) is 3.86. The summed E-state index contributed by atoms with van der Waals surface area (Å²) in [7, 11) is 0. The lowest BCUT2D eigenvalue weighted by molar-refractivity contribution is 0.376. The van der Waals surface area contributed by atoms with E-state index >= 15 is 0 Å². The number of fused-ring (bicyclic) bond motifs is 1. The van der Waals surface area contributed by atoms with Crippen LogP contribution in [0.3, 0.4) is 0 Å². The maximum atomic E-state index is 8.98. The summed E-state index contributed by atoms with van der Waals surface area (Å²) in [5, 5.41) is 13.6. The number of anilines is 1. The fourth-order valence-electron chi connectivity index (χ4n) is 2.88. The molecule has 1 aromatic heterocycles. The smallest absolute Gasteiger partial charge is 0.0609 e. The molecule has 96 valence electrons. The first-order valence-electron chi connectivity index (χ1n) is 6.51. The molecule has 0 atom stereocenters. The second kappa shape index (κ2) is 4.63. The Morgan fingerprint density at radius 2 is 2.11 bits per heavy atom. The second-order valence-corrected chi connectivity index (χ2v) is 5.04. The molecule has 4 nitrogen and oxygen atoms in total. The first-order chi connectivity index (χ1) is 8.79. The molecule has 0 amide bonds. The quantitative estimate of drug-likeness (QED) is 0.713. The third kappa shape index (κ3) is 1.87. The van der Waals surface area contributed by atoms with Crippen LogP contribution in [0.5, 0.6) is 0 Å². The Morgan fingerprint density at radius 3 is 2.83 bits per heavy atom. The molecule has 0 radical (unpaired) electrons. The Labute approximate surface area is 107 Å². The Bertz CT molecular complexity index is 555. The van der Waals surface area contributed by atoms with Gasteiger partial charge in [0.2, 0.25) is 0 Å². The number of hydrogen-bond acceptors (Lipinski definition) is 3. The van der Waals surface area contributed by atoms with Crippen LogP contribution in [-0.2, 0) is 0 Å². The molecule has 0 unspecified atom stereocenters. The fraction of sp³-hybridized carbons (Fsp3) is 0.429. The molecule has 0 saturated carbocycles. The number of benzene rings is 1. The highest BCUT2D eigenvalue weighted by atomic mass is 16.5. The molecule has 3 rings (SSSR count). The van der Waals surface area contributed by atoms with Crippen molar-refractivity contribution in [1.82, 2.24) is 9.88 Å². The molecule has 0 bridgehead atoms. The van der Waals surface area contributed by atoms with Gasteiger partial charge >= 0.3 is 0 Å². The summed E-state index contributed by atoms with van der Waals surface area (Å²) >= 11 is 0. The second-order valence-electron chi connectivity index (χ2n) is 5.04. The van der Waals surface area contributed by atoms with E-state index in [0.29, 0.717) is 6.04 Å². The van der Waals surface area contributed by atoms with Gasteiger partial charge in [0.1, 0.15) is 0 Å². The molecule has 1 aromatic carbocycles. The first-order valence-corrected chi connectivity index (χ1v) is 6.51. The van der Waals surface area contributed by atoms with Gasteiger partial charge in [0.25, 0.3) is 0 Å². The standard InChI is InChI=1S/C14H19N3O/c1-10-9-17(12-4-6-15-7-5-12)14-3-2-11(16-18)8-13(10)14/h2-3,8-9,12,15-16,18H,4-7H2,1H3. The van der Waals surface area contributed by atoms with E-state index in [1.165, 1.54) is 29.3 Å². The van der Waals surface area contributed by atoms with Crippen LogP contribution in [0.4, 0.5) is 5.69 Å². The third-order valence-corrected chi connectivity index (χ3v) is 3.86. The number of aryl methyl sites for hydroxylation is 1. The van der Waals surface area contributed by atoms with Crippen LogP contribution < -0.4 is 10.8 Å². The van der Waals surface area contributed by atoms with E-state index in [2.05, 4.69) is 34.6 Å². The summed E-state index contributed by atoms with van der Waals surface area (Å²) in [5.74, 6) is 0. The van der Waals surface area contributed by atoms with E-state index in [-0.39, 0.29) is 0 Å². The van der Waals surface area contributed by atoms with Crippen molar-refractivity contribution in [2.45, 2.75) is 25.8 Å². The van der Waals surface area contributed by atoms with Crippen molar-refractivity contribution >= 4 is 16.6 Å². The van der Waals surface area contributed by atoms with Crippen molar-refractivity contribution in [3.05, 3.63) is 30.0 Å². The summed E-state index contributed by atoms with van der Waals surface area (Å²) in [6.07, 6.45) is 4.61. The number of hydrogen-bond donors (Lipinski definition) is 3. The Morgan fingerprint density at radius 1 is 1.33 bits per heavy atom. The van der Waals surface area contributed by atoms with Crippen LogP contribution in [0.1, 0.15) is 24.4 Å². The summed E-state index contributed by atoms with van der Waals surface area (Å²) in [5.41, 5.74) is 5.49. The van der Waals surface area contributed by atoms with Gasteiger partial charge in [-0.05, 0) is 56.6 Å². The van der Waals surface area contributed by atoms with Gasteiger partial charge in [-0.2, -0.15) is 0 Å². The van der Waals surface area contributed by atoms with Gasteiger partial charge in [0.15, 0.2) is 0 Å². The minimum atomic E-state index is 0.593. The maximum absolute atomic E-state index is 8.98. The number of aromatic nitrogens is 1. The SMILES string of the molecule is Cc1cn(C2CCNCC2)c2ccc(NO)cc12. The van der Waals surface area contributed by atoms with E-state index in [1.807, 2.05) is 12.1 Å². The topological polar surface area (TPSA) is 49.2 Å². The van der Waals surface area contributed by atoms with Gasteiger partial charge in [-0.15, -0.1) is 0 Å². The first kappa shape index (κ1) is 11.6. The van der Waals surface area contributed by atoms with Crippen LogP contribution in [0.15, 0.2) is 24.4 Å². The zero-order valence-corrected chi connectivity index (χ0v) is 10.6. The Hall–Kier alpha value is -1.52. The van der Waals surface area contributed by atoms with E-state index in [0.717, 1.165) is 18.8 Å². The molecule has 2 heterocycles. The van der Waals surface area contributed by atoms with Crippen LogP contribution in [0.25, 0.3) is 10.9 Å². The molecule has 1 aliphatic heterocycles. The lowest BCUT2D eigenvalue weighted by Crippen LogP contribution is -2.29. The van der Waals surface area contributed by atoms with Crippen molar-refractivity contribution in [2.75, 3.05) is 18.6 Å². The lowest BCUT2D eigenvalue weighted by atomic mass is 10.1. The van der Waals surface area contributed by atoms with E-state index < -0.39 is 0 Å². The summed E-state index contributed by atoms with van der Waals surface area (Å²) in [6.45, 7) is 4.32. The molecular formula is C14H19N3O. The highest BCUT2D eigenvalue weighted by Gasteiger charge is 2.17. The monoisotopic (exact) mass is 245 g/mol. The molecule has 4 heteroatoms. The van der Waals surface area contributed by atoms with Crippen LogP contribution >= 0.6 is 0 Å². The predicted molar refractivity (Wildman–Crippen MR) is 73.2 cm³/mol. The fourth-order valence-corrected chi connectivity index (χ4v) is 2.88. The minimum absolute atomic E-state index is 0.593. The van der Waals surface area contributed by atoms with Gasteiger partial charge in [-0.25, -0.2) is 0 Å². The molecule has 1 saturated heterocycles. The number of rotatable bonds is 2. The largest absolute Gasteiger partial charge is 0.344 e. The highest BCUT2D eigenvalue weighted by molar-refractivity contribution is 5.87. The van der Waals surface area contributed by atoms with Crippen molar-refractivity contribution in [3.8, 4) is 0 Å². The summed E-state index contributed by atoms with van der Waals surface area (Å²) in [4.78, 5) is 0. The van der Waals surface area contributed by atoms with Gasteiger partial charge < -0.3 is 9.88 Å². The van der Waals surface area contributed by atoms with Crippen LogP contribution in [-0.4, -0.2) is 22.9 Å². The van der Waals surface area contributed by atoms with Crippen molar-refractivity contribution in [2.24, 2.45) is 0 Å². The van der Waals surface area contributed by atoms with E-state index in [1.54, 1.807) is 0 Å².